The highest BCUT2D eigenvalue weighted by molar-refractivity contribution is 6.33. The van der Waals surface area contributed by atoms with Gasteiger partial charge in [-0.2, -0.15) is 0 Å². The van der Waals surface area contributed by atoms with Gasteiger partial charge in [0.1, 0.15) is 11.6 Å². The van der Waals surface area contributed by atoms with E-state index in [-0.39, 0.29) is 5.91 Å². The minimum atomic E-state index is -0.220. The van der Waals surface area contributed by atoms with Crippen molar-refractivity contribution in [1.29, 1.82) is 0 Å². The van der Waals surface area contributed by atoms with Gasteiger partial charge >= 0.3 is 0 Å². The third-order valence-electron chi connectivity index (χ3n) is 5.13. The minimum Gasteiger partial charge on any atom is -0.492 e. The van der Waals surface area contributed by atoms with E-state index >= 15 is 0 Å². The molecule has 164 valence electrons. The number of unbranched alkanes of at least 4 members (excludes halogenated alkanes) is 1. The highest BCUT2D eigenvalue weighted by Gasteiger charge is 2.14. The van der Waals surface area contributed by atoms with Crippen LogP contribution < -0.4 is 10.1 Å². The molecular weight excluding hydrogens is 445 g/mol. The number of para-hydroxylation sites is 3. The number of aryl methyl sites for hydroxylation is 1. The van der Waals surface area contributed by atoms with Crippen molar-refractivity contribution >= 4 is 40.1 Å². The number of fused-ring (bicyclic) bond motifs is 1. The van der Waals surface area contributed by atoms with Gasteiger partial charge in [0.25, 0.3) is 5.91 Å². The van der Waals surface area contributed by atoms with E-state index in [1.165, 1.54) is 0 Å². The van der Waals surface area contributed by atoms with Gasteiger partial charge in [0.2, 0.25) is 0 Å². The molecule has 4 aromatic rings. The van der Waals surface area contributed by atoms with Crippen molar-refractivity contribution in [2.24, 2.45) is 0 Å². The molecule has 0 spiro atoms. The number of hydrogen-bond acceptors (Lipinski definition) is 3. The van der Waals surface area contributed by atoms with Crippen molar-refractivity contribution < 1.29 is 9.53 Å². The summed E-state index contributed by atoms with van der Waals surface area (Å²) < 4.78 is 7.94. The first-order valence-corrected chi connectivity index (χ1v) is 11.2. The smallest absolute Gasteiger partial charge is 0.253 e. The van der Waals surface area contributed by atoms with Gasteiger partial charge in [0, 0.05) is 6.54 Å². The number of benzene rings is 3. The topological polar surface area (TPSA) is 56.2 Å². The van der Waals surface area contributed by atoms with Crippen LogP contribution in [-0.4, -0.2) is 22.1 Å². The van der Waals surface area contributed by atoms with Crippen LogP contribution in [0.25, 0.3) is 11.0 Å². The monoisotopic (exact) mass is 467 g/mol. The summed E-state index contributed by atoms with van der Waals surface area (Å²) in [6.45, 7) is 1.66. The van der Waals surface area contributed by atoms with E-state index in [2.05, 4.69) is 9.88 Å². The number of halogens is 2. The van der Waals surface area contributed by atoms with Crippen molar-refractivity contribution in [2.75, 3.05) is 6.61 Å². The molecule has 3 aromatic carbocycles. The lowest BCUT2D eigenvalue weighted by Gasteiger charge is -2.11. The summed E-state index contributed by atoms with van der Waals surface area (Å²) in [5.74, 6) is 1.28. The van der Waals surface area contributed by atoms with Gasteiger partial charge in [-0.3, -0.25) is 4.79 Å². The van der Waals surface area contributed by atoms with E-state index < -0.39 is 0 Å². The molecule has 0 saturated heterocycles. The van der Waals surface area contributed by atoms with E-state index in [0.29, 0.717) is 34.5 Å². The van der Waals surface area contributed by atoms with Gasteiger partial charge in [0.15, 0.2) is 0 Å². The second kappa shape index (κ2) is 10.5. The second-order valence-electron chi connectivity index (χ2n) is 7.32. The molecule has 32 heavy (non-hydrogen) atoms. The zero-order chi connectivity index (χ0) is 22.3. The minimum absolute atomic E-state index is 0.220. The zero-order valence-corrected chi connectivity index (χ0v) is 18.9. The van der Waals surface area contributed by atoms with Gasteiger partial charge in [0.05, 0.1) is 39.8 Å². The molecule has 1 amide bonds. The largest absolute Gasteiger partial charge is 0.492 e. The molecule has 1 heterocycles. The number of ether oxygens (including phenoxy) is 1. The van der Waals surface area contributed by atoms with Gasteiger partial charge in [-0.15, -0.1) is 0 Å². The summed E-state index contributed by atoms with van der Waals surface area (Å²) in [4.78, 5) is 17.3. The Morgan fingerprint density at radius 2 is 1.62 bits per heavy atom. The molecule has 0 radical (unpaired) electrons. The fraction of sp³-hybridized carbons (Fsp3) is 0.200. The van der Waals surface area contributed by atoms with Crippen molar-refractivity contribution in [1.82, 2.24) is 14.9 Å². The standard InChI is InChI=1S/C25H23Cl2N3O2/c26-19-10-2-1-9-18(19)25(31)28-17-24-29-21-12-4-5-13-22(21)30(24)15-7-8-16-32-23-14-6-3-11-20(23)27/h1-6,9-14H,7-8,15-17H2,(H,28,31). The number of amides is 1. The van der Waals surface area contributed by atoms with E-state index in [1.54, 1.807) is 24.3 Å². The first-order chi connectivity index (χ1) is 15.6. The van der Waals surface area contributed by atoms with Gasteiger partial charge < -0.3 is 14.6 Å². The maximum atomic E-state index is 12.6. The van der Waals surface area contributed by atoms with E-state index in [4.69, 9.17) is 32.9 Å². The predicted molar refractivity (Wildman–Crippen MR) is 129 cm³/mol. The number of nitrogens with one attached hydrogen (secondary N) is 1. The molecule has 0 saturated carbocycles. The van der Waals surface area contributed by atoms with Crippen molar-refractivity contribution in [3.05, 3.63) is 94.2 Å². The Balaban J connectivity index is 1.39. The summed E-state index contributed by atoms with van der Waals surface area (Å²) in [5, 5.41) is 3.98. The third-order valence-corrected chi connectivity index (χ3v) is 5.77. The lowest BCUT2D eigenvalue weighted by Crippen LogP contribution is -2.25. The molecule has 0 atom stereocenters. The van der Waals surface area contributed by atoms with Gasteiger partial charge in [-0.1, -0.05) is 59.6 Å². The molecule has 0 aliphatic heterocycles. The number of imidazole rings is 1. The van der Waals surface area contributed by atoms with Crippen molar-refractivity contribution in [3.63, 3.8) is 0 Å². The number of nitrogens with zero attached hydrogens (tertiary/aromatic N) is 2. The molecule has 0 aliphatic carbocycles. The number of rotatable bonds is 9. The average Bonchev–Trinajstić information content (AvgIpc) is 3.16. The molecule has 0 fully saturated rings. The van der Waals surface area contributed by atoms with Crippen LogP contribution in [0.4, 0.5) is 0 Å². The Kier molecular flexibility index (Phi) is 7.30. The van der Waals surface area contributed by atoms with Crippen molar-refractivity contribution in [2.45, 2.75) is 25.9 Å². The SMILES string of the molecule is O=C(NCc1nc2ccccc2n1CCCCOc1ccccc1Cl)c1ccccc1Cl. The zero-order valence-electron chi connectivity index (χ0n) is 17.4. The highest BCUT2D eigenvalue weighted by atomic mass is 35.5. The van der Waals surface area contributed by atoms with Crippen molar-refractivity contribution in [3.8, 4) is 5.75 Å². The lowest BCUT2D eigenvalue weighted by molar-refractivity contribution is 0.0949. The second-order valence-corrected chi connectivity index (χ2v) is 8.13. The van der Waals surface area contributed by atoms with Gasteiger partial charge in [-0.05, 0) is 49.2 Å². The van der Waals surface area contributed by atoms with Crippen LogP contribution in [-0.2, 0) is 13.1 Å². The molecule has 5 nitrogen and oxygen atoms in total. The Labute approximate surface area is 196 Å². The molecule has 0 unspecified atom stereocenters. The number of carbonyl (C=O) groups is 1. The first kappa shape index (κ1) is 22.2. The molecule has 0 aliphatic rings. The molecule has 1 aromatic heterocycles. The van der Waals surface area contributed by atoms with E-state index in [9.17, 15) is 4.79 Å². The van der Waals surface area contributed by atoms with Crippen LogP contribution in [0.3, 0.4) is 0 Å². The first-order valence-electron chi connectivity index (χ1n) is 10.5. The van der Waals surface area contributed by atoms with Crippen LogP contribution >= 0.6 is 23.2 Å². The van der Waals surface area contributed by atoms with Crippen LogP contribution in [0.1, 0.15) is 29.0 Å². The molecule has 1 N–H and O–H groups in total. The maximum Gasteiger partial charge on any atom is 0.253 e. The Hall–Kier alpha value is -3.02. The van der Waals surface area contributed by atoms with Crippen LogP contribution in [0, 0.1) is 0 Å². The maximum absolute atomic E-state index is 12.6. The molecular formula is C25H23Cl2N3O2. The molecule has 7 heteroatoms. The number of aromatic nitrogens is 2. The Morgan fingerprint density at radius 3 is 2.44 bits per heavy atom. The quantitative estimate of drug-likeness (QED) is 0.301. The number of hydrogen-bond donors (Lipinski definition) is 1. The fourth-order valence-corrected chi connectivity index (χ4v) is 3.94. The van der Waals surface area contributed by atoms with E-state index in [1.807, 2.05) is 48.5 Å². The van der Waals surface area contributed by atoms with Crippen LogP contribution in [0.15, 0.2) is 72.8 Å². The third kappa shape index (κ3) is 5.23. The summed E-state index contributed by atoms with van der Waals surface area (Å²) in [5.41, 5.74) is 2.40. The molecule has 4 rings (SSSR count). The highest BCUT2D eigenvalue weighted by Crippen LogP contribution is 2.23. The summed E-state index contributed by atoms with van der Waals surface area (Å²) in [7, 11) is 0. The van der Waals surface area contributed by atoms with Crippen LogP contribution in [0.5, 0.6) is 5.75 Å². The lowest BCUT2D eigenvalue weighted by atomic mass is 10.2. The average molecular weight is 468 g/mol. The normalized spacial score (nSPS) is 10.9. The summed E-state index contributed by atoms with van der Waals surface area (Å²) in [6.07, 6.45) is 1.76. The Morgan fingerprint density at radius 1 is 0.906 bits per heavy atom. The predicted octanol–water partition coefficient (Wildman–Crippen LogP) is 6.13. The Bertz CT molecular complexity index is 1220. The molecule has 0 bridgehead atoms. The van der Waals surface area contributed by atoms with Crippen LogP contribution in [0.2, 0.25) is 10.0 Å². The van der Waals surface area contributed by atoms with Gasteiger partial charge in [-0.25, -0.2) is 4.98 Å². The summed E-state index contributed by atoms with van der Waals surface area (Å²) >= 11 is 12.3. The summed E-state index contributed by atoms with van der Waals surface area (Å²) in [6, 6.07) is 22.4. The number of carbonyl (C=O) groups excluding carboxylic acids is 1. The van der Waals surface area contributed by atoms with E-state index in [0.717, 1.165) is 36.2 Å². The fourth-order valence-electron chi connectivity index (χ4n) is 3.53.